The van der Waals surface area contributed by atoms with Gasteiger partial charge >= 0.3 is 5.97 Å². The van der Waals surface area contributed by atoms with Crippen LogP contribution in [0.4, 0.5) is 0 Å². The number of aliphatic carboxylic acids is 1. The number of fused-ring (bicyclic) bond motifs is 3. The Morgan fingerprint density at radius 2 is 1.74 bits per heavy atom. The monoisotopic (exact) mass is 532 g/mol. The highest BCUT2D eigenvalue weighted by molar-refractivity contribution is 7.98. The van der Waals surface area contributed by atoms with E-state index in [0.29, 0.717) is 6.61 Å². The first-order chi connectivity index (χ1) is 18.5. The molecule has 4 nitrogen and oxygen atoms in total. The number of rotatable bonds is 10. The van der Waals surface area contributed by atoms with Gasteiger partial charge in [0.15, 0.2) is 0 Å². The summed E-state index contributed by atoms with van der Waals surface area (Å²) in [4.78, 5) is 11.1. The number of hydrogen-bond acceptors (Lipinski definition) is 4. The fraction of sp³-hybridized carbons (Fsp3) is 0.424. The summed E-state index contributed by atoms with van der Waals surface area (Å²) < 4.78 is 12.2. The van der Waals surface area contributed by atoms with Crippen molar-refractivity contribution in [3.63, 3.8) is 0 Å². The highest BCUT2D eigenvalue weighted by atomic mass is 32.2. The average Bonchev–Trinajstić information content (AvgIpc) is 3.75. The topological polar surface area (TPSA) is 55.8 Å². The fourth-order valence-corrected chi connectivity index (χ4v) is 5.74. The number of thioether (sulfide) groups is 1. The quantitative estimate of drug-likeness (QED) is 0.268. The zero-order valence-electron chi connectivity index (χ0n) is 23.1. The summed E-state index contributed by atoms with van der Waals surface area (Å²) in [6.45, 7) is 7.46. The van der Waals surface area contributed by atoms with Crippen LogP contribution in [-0.4, -0.2) is 29.7 Å². The molecule has 0 radical (unpaired) electrons. The maximum absolute atomic E-state index is 11.1. The molecule has 2 atom stereocenters. The lowest BCUT2D eigenvalue weighted by atomic mass is 9.91. The van der Waals surface area contributed by atoms with Crippen molar-refractivity contribution in [1.29, 1.82) is 0 Å². The van der Waals surface area contributed by atoms with Gasteiger partial charge in [0.2, 0.25) is 0 Å². The first-order valence-corrected chi connectivity index (χ1v) is 15.3. The second-order valence-corrected chi connectivity index (χ2v) is 10.9. The van der Waals surface area contributed by atoms with Gasteiger partial charge in [0.25, 0.3) is 0 Å². The lowest BCUT2D eigenvalue weighted by Gasteiger charge is -2.17. The first-order valence-electron chi connectivity index (χ1n) is 13.9. The standard InChI is InChI=1S/C31H34O4S.C2H6/c1-20-15-26(34-13-4-14-36-2)17-24-6-3-5-22-8-7-21(16-28(22)30(20)24)19-35-25-11-9-23(10-12-25)27-18-29(27)31(32)33;1-2/h7-12,15-17,27,29H,3-6,13-14,18-19H2,1-2H3,(H,32,33);1-2H3/t27-,29?;/m1./s1. The van der Waals surface area contributed by atoms with Crippen molar-refractivity contribution in [2.24, 2.45) is 5.92 Å². The third-order valence-corrected chi connectivity index (χ3v) is 8.01. The van der Waals surface area contributed by atoms with Crippen LogP contribution in [0.25, 0.3) is 11.1 Å². The van der Waals surface area contributed by atoms with Gasteiger partial charge < -0.3 is 14.6 Å². The molecule has 0 aliphatic heterocycles. The molecule has 0 amide bonds. The van der Waals surface area contributed by atoms with Gasteiger partial charge in [0, 0.05) is 0 Å². The van der Waals surface area contributed by atoms with Crippen LogP contribution in [0.2, 0.25) is 0 Å². The smallest absolute Gasteiger partial charge is 0.307 e. The van der Waals surface area contributed by atoms with E-state index in [1.54, 1.807) is 0 Å². The molecular weight excluding hydrogens is 492 g/mol. The summed E-state index contributed by atoms with van der Waals surface area (Å²) in [5.41, 5.74) is 8.94. The second-order valence-electron chi connectivity index (χ2n) is 9.96. The van der Waals surface area contributed by atoms with Gasteiger partial charge in [-0.3, -0.25) is 4.79 Å². The highest BCUT2D eigenvalue weighted by Crippen LogP contribution is 2.47. The summed E-state index contributed by atoms with van der Waals surface area (Å²) in [5.74, 6) is 2.13. The van der Waals surface area contributed by atoms with E-state index in [1.165, 1.54) is 27.8 Å². The van der Waals surface area contributed by atoms with E-state index in [1.807, 2.05) is 49.9 Å². The Labute approximate surface area is 231 Å². The number of carbonyl (C=O) groups is 1. The lowest BCUT2D eigenvalue weighted by molar-refractivity contribution is -0.138. The van der Waals surface area contributed by atoms with Crippen molar-refractivity contribution in [3.8, 4) is 22.6 Å². The molecule has 2 aliphatic rings. The molecule has 0 bridgehead atoms. The number of carboxylic acids is 1. The second kappa shape index (κ2) is 13.2. The summed E-state index contributed by atoms with van der Waals surface area (Å²) >= 11 is 1.86. The van der Waals surface area contributed by atoms with Crippen molar-refractivity contribution in [2.45, 2.75) is 65.4 Å². The number of hydrogen-bond donors (Lipinski definition) is 1. The Morgan fingerprint density at radius 1 is 0.974 bits per heavy atom. The van der Waals surface area contributed by atoms with Crippen LogP contribution in [0.3, 0.4) is 0 Å². The van der Waals surface area contributed by atoms with Crippen LogP contribution < -0.4 is 9.47 Å². The Bertz CT molecular complexity index is 1230. The van der Waals surface area contributed by atoms with Gasteiger partial charge in [-0.2, -0.15) is 11.8 Å². The predicted molar refractivity (Wildman–Crippen MR) is 158 cm³/mol. The van der Waals surface area contributed by atoms with Crippen molar-refractivity contribution in [3.05, 3.63) is 82.4 Å². The molecule has 5 heteroatoms. The van der Waals surface area contributed by atoms with Gasteiger partial charge in [0.1, 0.15) is 18.1 Å². The van der Waals surface area contributed by atoms with Crippen molar-refractivity contribution in [2.75, 3.05) is 18.6 Å². The summed E-state index contributed by atoms with van der Waals surface area (Å²) in [6, 6.07) is 19.1. The minimum atomic E-state index is -0.699. The molecule has 5 rings (SSSR count). The van der Waals surface area contributed by atoms with E-state index >= 15 is 0 Å². The summed E-state index contributed by atoms with van der Waals surface area (Å²) in [5, 5.41) is 9.16. The lowest BCUT2D eigenvalue weighted by Crippen LogP contribution is -2.01. The maximum atomic E-state index is 11.1. The minimum Gasteiger partial charge on any atom is -0.494 e. The van der Waals surface area contributed by atoms with Gasteiger partial charge in [-0.15, -0.1) is 0 Å². The van der Waals surface area contributed by atoms with Gasteiger partial charge in [-0.25, -0.2) is 0 Å². The number of benzene rings is 3. The molecule has 2 aliphatic carbocycles. The van der Waals surface area contributed by atoms with Crippen molar-refractivity contribution >= 4 is 17.7 Å². The van der Waals surface area contributed by atoms with E-state index < -0.39 is 5.97 Å². The molecule has 3 aromatic carbocycles. The molecular formula is C33H40O4S. The van der Waals surface area contributed by atoms with E-state index in [9.17, 15) is 4.79 Å². The zero-order valence-corrected chi connectivity index (χ0v) is 23.9. The van der Waals surface area contributed by atoms with E-state index in [4.69, 9.17) is 14.6 Å². The molecule has 3 aromatic rings. The zero-order chi connectivity index (χ0) is 27.1. The SMILES string of the molecule is CC.CSCCCOc1cc(C)c2c(c1)CCCc1ccc(COc3ccc([C@H]4CC4C(=O)O)cc3)cc1-2. The number of aryl methyl sites for hydroxylation is 3. The van der Waals surface area contributed by atoms with Crippen LogP contribution >= 0.6 is 11.8 Å². The molecule has 202 valence electrons. The van der Waals surface area contributed by atoms with E-state index in [2.05, 4.69) is 43.5 Å². The third-order valence-electron chi connectivity index (χ3n) is 7.31. The Balaban J connectivity index is 0.00000164. The maximum Gasteiger partial charge on any atom is 0.307 e. The molecule has 38 heavy (non-hydrogen) atoms. The predicted octanol–water partition coefficient (Wildman–Crippen LogP) is 8.08. The number of ether oxygens (including phenoxy) is 2. The number of carboxylic acid groups (broad SMARTS) is 1. The summed E-state index contributed by atoms with van der Waals surface area (Å²) in [6.07, 6.45) is 7.21. The molecule has 1 unspecified atom stereocenters. The van der Waals surface area contributed by atoms with Crippen molar-refractivity contribution in [1.82, 2.24) is 0 Å². The average molecular weight is 533 g/mol. The van der Waals surface area contributed by atoms with Crippen LogP contribution in [-0.2, 0) is 24.2 Å². The normalized spacial score (nSPS) is 17.3. The third kappa shape index (κ3) is 6.74. The largest absolute Gasteiger partial charge is 0.494 e. The van der Waals surface area contributed by atoms with Crippen LogP contribution in [0, 0.1) is 12.8 Å². The van der Waals surface area contributed by atoms with Crippen LogP contribution in [0.1, 0.15) is 66.8 Å². The molecule has 0 aromatic heterocycles. The van der Waals surface area contributed by atoms with E-state index in [-0.39, 0.29) is 11.8 Å². The molecule has 1 N–H and O–H groups in total. The molecule has 0 spiro atoms. The van der Waals surface area contributed by atoms with Gasteiger partial charge in [0.05, 0.1) is 12.5 Å². The highest BCUT2D eigenvalue weighted by Gasteiger charge is 2.44. The molecule has 0 saturated heterocycles. The van der Waals surface area contributed by atoms with Gasteiger partial charge in [-0.05, 0) is 126 Å². The Kier molecular flexibility index (Phi) is 9.79. The minimum absolute atomic E-state index is 0.144. The molecule has 0 heterocycles. The summed E-state index contributed by atoms with van der Waals surface area (Å²) in [7, 11) is 0. The van der Waals surface area contributed by atoms with Crippen LogP contribution in [0.15, 0.2) is 54.6 Å². The van der Waals surface area contributed by atoms with Crippen molar-refractivity contribution < 1.29 is 19.4 Å². The first kappa shape index (κ1) is 28.1. The van der Waals surface area contributed by atoms with Crippen LogP contribution in [0.5, 0.6) is 11.5 Å². The Hall–Kier alpha value is -2.92. The molecule has 1 fully saturated rings. The Morgan fingerprint density at radius 3 is 2.45 bits per heavy atom. The molecule has 1 saturated carbocycles. The van der Waals surface area contributed by atoms with E-state index in [0.717, 1.165) is 67.1 Å². The fourth-order valence-electron chi connectivity index (χ4n) is 5.33. The van der Waals surface area contributed by atoms with Gasteiger partial charge in [-0.1, -0.05) is 38.1 Å².